The zero-order valence-corrected chi connectivity index (χ0v) is 19.0. The Bertz CT molecular complexity index is 789. The first-order valence-corrected chi connectivity index (χ1v) is 12.8. The Morgan fingerprint density at radius 1 is 1.19 bits per heavy atom. The number of nitrogens with one attached hydrogen (secondary N) is 2. The molecule has 0 spiro atoms. The summed E-state index contributed by atoms with van der Waals surface area (Å²) in [6.45, 7) is 4.88. The van der Waals surface area contributed by atoms with Gasteiger partial charge in [0, 0.05) is 19.1 Å². The number of likely N-dealkylation sites (tertiary alicyclic amines) is 1. The number of amides is 3. The minimum atomic E-state index is -4.81. The number of carbonyl (C=O) groups is 2. The van der Waals surface area contributed by atoms with E-state index in [9.17, 15) is 18.0 Å². The maximum Gasteiger partial charge on any atom is 0.418 e. The molecule has 0 radical (unpaired) electrons. The molecule has 12 nitrogen and oxygen atoms in total. The molecule has 4 atom stereocenters. The molecule has 4 rings (SSSR count). The average Bonchev–Trinajstić information content (AvgIpc) is 3.14. The van der Waals surface area contributed by atoms with Gasteiger partial charge in [-0.3, -0.25) is 14.2 Å². The van der Waals surface area contributed by atoms with Gasteiger partial charge in [-0.25, -0.2) is 10.3 Å². The Hall–Kier alpha value is -1.51. The minimum Gasteiger partial charge on any atom is -0.311 e. The smallest absolute Gasteiger partial charge is 0.311 e. The molecule has 0 unspecified atom stereocenters. The first-order chi connectivity index (χ1) is 15.3. The van der Waals surface area contributed by atoms with Crippen molar-refractivity contribution in [2.75, 3.05) is 39.3 Å². The fraction of sp³-hybridized carbons (Fsp3) is 0.895. The van der Waals surface area contributed by atoms with E-state index in [1.807, 2.05) is 0 Å². The number of hydrogen-bond donors (Lipinski definition) is 3. The van der Waals surface area contributed by atoms with Gasteiger partial charge in [-0.15, -0.1) is 4.28 Å². The number of nitrogens with zero attached hydrogens (tertiary/aromatic N) is 3. The van der Waals surface area contributed by atoms with Crippen LogP contribution in [0.25, 0.3) is 0 Å². The highest BCUT2D eigenvalue weighted by atomic mass is 32.3. The molecule has 3 amide bonds. The lowest BCUT2D eigenvalue weighted by Gasteiger charge is -2.29. The van der Waals surface area contributed by atoms with Crippen molar-refractivity contribution in [3.8, 4) is 0 Å². The molecule has 2 bridgehead atoms. The third-order valence-corrected chi connectivity index (χ3v) is 7.13. The van der Waals surface area contributed by atoms with Crippen LogP contribution in [0.1, 0.15) is 44.9 Å². The van der Waals surface area contributed by atoms with Crippen LogP contribution >= 0.6 is 0 Å². The topological polar surface area (TPSA) is 141 Å². The van der Waals surface area contributed by atoms with Gasteiger partial charge in [-0.2, -0.15) is 13.5 Å². The Balaban J connectivity index is 1.18. The fourth-order valence-corrected chi connectivity index (χ4v) is 5.63. The van der Waals surface area contributed by atoms with Gasteiger partial charge in [0.05, 0.1) is 12.6 Å². The molecule has 0 aliphatic carbocycles. The lowest BCUT2D eigenvalue weighted by Crippen LogP contribution is -2.50. The van der Waals surface area contributed by atoms with Crippen LogP contribution in [0.5, 0.6) is 0 Å². The van der Waals surface area contributed by atoms with Crippen LogP contribution in [0, 0.1) is 5.92 Å². The number of piperidine rings is 1. The van der Waals surface area contributed by atoms with Gasteiger partial charge in [-0.05, 0) is 57.7 Å². The molecule has 0 aromatic heterocycles. The van der Waals surface area contributed by atoms with Crippen molar-refractivity contribution in [1.29, 1.82) is 0 Å². The summed E-state index contributed by atoms with van der Waals surface area (Å²) < 4.78 is 35.2. The van der Waals surface area contributed by atoms with Gasteiger partial charge in [0.2, 0.25) is 0 Å². The quantitative estimate of drug-likeness (QED) is 0.324. The van der Waals surface area contributed by atoms with E-state index in [0.29, 0.717) is 30.4 Å². The molecular formula is C19H33N5O7S. The summed E-state index contributed by atoms with van der Waals surface area (Å²) in [5.41, 5.74) is 2.44. The van der Waals surface area contributed by atoms with Crippen molar-refractivity contribution in [1.82, 2.24) is 25.7 Å². The highest BCUT2D eigenvalue weighted by Crippen LogP contribution is 2.30. The first-order valence-electron chi connectivity index (χ1n) is 11.4. The summed E-state index contributed by atoms with van der Waals surface area (Å²) in [7, 11) is -4.81. The number of carbonyl (C=O) groups excluding carboxylic acids is 2. The molecule has 13 heteroatoms. The molecule has 4 fully saturated rings. The van der Waals surface area contributed by atoms with Crippen molar-refractivity contribution in [2.45, 2.75) is 63.1 Å². The van der Waals surface area contributed by atoms with Crippen LogP contribution < -0.4 is 10.8 Å². The van der Waals surface area contributed by atoms with Crippen LogP contribution in [0.2, 0.25) is 0 Å². The summed E-state index contributed by atoms with van der Waals surface area (Å²) in [4.78, 5) is 34.2. The van der Waals surface area contributed by atoms with E-state index in [1.54, 1.807) is 0 Å². The fourth-order valence-electron chi connectivity index (χ4n) is 5.24. The molecule has 182 valence electrons. The van der Waals surface area contributed by atoms with Crippen LogP contribution in [0.4, 0.5) is 4.79 Å². The zero-order chi connectivity index (χ0) is 22.7. The van der Waals surface area contributed by atoms with Gasteiger partial charge in [0.1, 0.15) is 6.04 Å². The molecule has 0 aromatic rings. The van der Waals surface area contributed by atoms with Crippen molar-refractivity contribution >= 4 is 22.3 Å². The summed E-state index contributed by atoms with van der Waals surface area (Å²) in [5, 5.41) is 4.08. The maximum atomic E-state index is 12.6. The Labute approximate surface area is 188 Å². The maximum absolute atomic E-state index is 12.6. The molecule has 4 heterocycles. The van der Waals surface area contributed by atoms with E-state index in [0.717, 1.165) is 19.5 Å². The summed E-state index contributed by atoms with van der Waals surface area (Å²) in [6, 6.07) is -1.91. The SMILES string of the molecule is O=C(NOC[C@H]1C[C@H](CN2CCCCCC2)CN1)[C@@H]1CC[C@@H]2CN1C(=O)N2OS(=O)(=O)O. The van der Waals surface area contributed by atoms with E-state index in [2.05, 4.69) is 20.0 Å². The second-order valence-electron chi connectivity index (χ2n) is 9.21. The van der Waals surface area contributed by atoms with Gasteiger partial charge < -0.3 is 15.1 Å². The minimum absolute atomic E-state index is 0.148. The molecule has 32 heavy (non-hydrogen) atoms. The number of urea groups is 1. The molecule has 0 aromatic carbocycles. The molecule has 4 aliphatic heterocycles. The van der Waals surface area contributed by atoms with E-state index in [4.69, 9.17) is 9.39 Å². The van der Waals surface area contributed by atoms with Gasteiger partial charge in [0.25, 0.3) is 5.91 Å². The van der Waals surface area contributed by atoms with Crippen LogP contribution in [0.15, 0.2) is 0 Å². The second kappa shape index (κ2) is 10.2. The largest absolute Gasteiger partial charge is 0.418 e. The highest BCUT2D eigenvalue weighted by molar-refractivity contribution is 7.80. The van der Waals surface area contributed by atoms with E-state index >= 15 is 0 Å². The Morgan fingerprint density at radius 3 is 2.66 bits per heavy atom. The monoisotopic (exact) mass is 475 g/mol. The normalized spacial score (nSPS) is 31.7. The third kappa shape index (κ3) is 5.88. The number of fused-ring (bicyclic) bond motifs is 2. The number of hydroxylamine groups is 3. The van der Waals surface area contributed by atoms with Crippen LogP contribution in [-0.4, -0.2) is 97.2 Å². The van der Waals surface area contributed by atoms with Crippen molar-refractivity contribution in [2.24, 2.45) is 5.92 Å². The van der Waals surface area contributed by atoms with Gasteiger partial charge in [-0.1, -0.05) is 12.8 Å². The second-order valence-corrected chi connectivity index (χ2v) is 10.2. The standard InChI is InChI=1S/C19H33N5O7S/c25-18(17-6-5-16-12-23(17)19(26)24(16)31-32(27,28)29)21-30-13-15-9-14(10-20-15)11-22-7-3-1-2-4-8-22/h14-17,20H,1-13H2,(H,21,25)(H,27,28,29)/t14-,15+,16+,17-/m0/s1. The predicted molar refractivity (Wildman–Crippen MR) is 112 cm³/mol. The molecule has 4 saturated heterocycles. The van der Waals surface area contributed by atoms with E-state index in [1.165, 1.54) is 43.7 Å². The summed E-state index contributed by atoms with van der Waals surface area (Å²) in [5.74, 6) is 0.119. The van der Waals surface area contributed by atoms with Crippen LogP contribution in [-0.2, 0) is 24.3 Å². The Morgan fingerprint density at radius 2 is 1.94 bits per heavy atom. The van der Waals surface area contributed by atoms with E-state index < -0.39 is 34.4 Å². The zero-order valence-electron chi connectivity index (χ0n) is 18.1. The number of hydrogen-bond acceptors (Lipinski definition) is 8. The van der Waals surface area contributed by atoms with Crippen molar-refractivity contribution in [3.05, 3.63) is 0 Å². The third-order valence-electron chi connectivity index (χ3n) is 6.79. The summed E-state index contributed by atoms with van der Waals surface area (Å²) in [6.07, 6.45) is 6.91. The van der Waals surface area contributed by atoms with E-state index in [-0.39, 0.29) is 12.6 Å². The average molecular weight is 476 g/mol. The molecule has 4 aliphatic rings. The highest BCUT2D eigenvalue weighted by Gasteiger charge is 2.49. The summed E-state index contributed by atoms with van der Waals surface area (Å²) >= 11 is 0. The van der Waals surface area contributed by atoms with Gasteiger partial charge >= 0.3 is 16.4 Å². The lowest BCUT2D eigenvalue weighted by molar-refractivity contribution is -0.139. The Kier molecular flexibility index (Phi) is 7.52. The first kappa shape index (κ1) is 23.6. The predicted octanol–water partition coefficient (Wildman–Crippen LogP) is -0.109. The van der Waals surface area contributed by atoms with Gasteiger partial charge in [0.15, 0.2) is 0 Å². The van der Waals surface area contributed by atoms with Crippen molar-refractivity contribution in [3.63, 3.8) is 0 Å². The molecule has 0 saturated carbocycles. The lowest BCUT2D eigenvalue weighted by atomic mass is 10.0. The van der Waals surface area contributed by atoms with Crippen molar-refractivity contribution < 1.29 is 31.7 Å². The number of rotatable bonds is 8. The van der Waals surface area contributed by atoms with Crippen LogP contribution in [0.3, 0.4) is 0 Å². The molecule has 3 N–H and O–H groups in total. The molecular weight excluding hydrogens is 442 g/mol.